The lowest BCUT2D eigenvalue weighted by atomic mass is 10.4. The Balaban J connectivity index is 2.19. The molecule has 6 nitrogen and oxygen atoms in total. The molecule has 0 unspecified atom stereocenters. The van der Waals surface area contributed by atoms with Gasteiger partial charge < -0.3 is 5.32 Å². The van der Waals surface area contributed by atoms with Gasteiger partial charge in [0, 0.05) is 25.2 Å². The molecule has 0 saturated carbocycles. The van der Waals surface area contributed by atoms with Gasteiger partial charge in [-0.05, 0) is 18.2 Å². The number of hydrogen-bond acceptors (Lipinski definition) is 5. The number of rotatable bonds is 5. The lowest BCUT2D eigenvalue weighted by molar-refractivity contribution is 0.103. The molecular weight excluding hydrogens is 310 g/mol. The highest BCUT2D eigenvalue weighted by molar-refractivity contribution is 7.89. The number of thiophene rings is 1. The van der Waals surface area contributed by atoms with Crippen LogP contribution in [0.1, 0.15) is 16.6 Å². The highest BCUT2D eigenvalue weighted by Crippen LogP contribution is 2.22. The summed E-state index contributed by atoms with van der Waals surface area (Å²) in [5.41, 5.74) is 0. The van der Waals surface area contributed by atoms with Gasteiger partial charge in [-0.25, -0.2) is 17.7 Å². The van der Waals surface area contributed by atoms with Crippen molar-refractivity contribution in [3.05, 3.63) is 40.7 Å². The molecule has 8 heteroatoms. The van der Waals surface area contributed by atoms with Crippen molar-refractivity contribution in [2.75, 3.05) is 18.9 Å². The topological polar surface area (TPSA) is 79.4 Å². The highest BCUT2D eigenvalue weighted by Gasteiger charge is 2.22. The van der Waals surface area contributed by atoms with Gasteiger partial charge in [-0.3, -0.25) is 4.79 Å². The lowest BCUT2D eigenvalue weighted by Gasteiger charge is -2.12. The van der Waals surface area contributed by atoms with Gasteiger partial charge in [-0.15, -0.1) is 11.3 Å². The van der Waals surface area contributed by atoms with E-state index in [1.807, 2.05) is 0 Å². The van der Waals surface area contributed by atoms with Crippen LogP contribution in [-0.4, -0.2) is 37.2 Å². The van der Waals surface area contributed by atoms with Crippen molar-refractivity contribution >= 4 is 33.1 Å². The Hall–Kier alpha value is -1.77. The zero-order valence-electron chi connectivity index (χ0n) is 11.6. The van der Waals surface area contributed by atoms with E-state index in [1.54, 1.807) is 31.3 Å². The lowest BCUT2D eigenvalue weighted by Crippen LogP contribution is -2.26. The summed E-state index contributed by atoms with van der Waals surface area (Å²) in [6.45, 7) is 2.12. The Labute approximate surface area is 127 Å². The third-order valence-corrected chi connectivity index (χ3v) is 5.85. The molecule has 1 N–H and O–H groups in total. The van der Waals surface area contributed by atoms with E-state index in [0.29, 0.717) is 17.2 Å². The first-order chi connectivity index (χ1) is 9.95. The SMILES string of the molecule is CCN(C)S(=O)(=O)c1csc(C(=O)Nc2ccccn2)c1. The Morgan fingerprint density at radius 3 is 2.81 bits per heavy atom. The minimum Gasteiger partial charge on any atom is -0.306 e. The Morgan fingerprint density at radius 2 is 2.19 bits per heavy atom. The van der Waals surface area contributed by atoms with E-state index in [2.05, 4.69) is 10.3 Å². The maximum Gasteiger partial charge on any atom is 0.266 e. The zero-order valence-corrected chi connectivity index (χ0v) is 13.2. The third kappa shape index (κ3) is 3.46. The van der Waals surface area contributed by atoms with Crippen LogP contribution < -0.4 is 5.32 Å². The summed E-state index contributed by atoms with van der Waals surface area (Å²) in [4.78, 5) is 16.5. The summed E-state index contributed by atoms with van der Waals surface area (Å²) in [5, 5.41) is 4.09. The van der Waals surface area contributed by atoms with Crippen molar-refractivity contribution < 1.29 is 13.2 Å². The van der Waals surface area contributed by atoms with E-state index < -0.39 is 10.0 Å². The number of hydrogen-bond donors (Lipinski definition) is 1. The van der Waals surface area contributed by atoms with Crippen LogP contribution in [0.25, 0.3) is 0 Å². The number of anilines is 1. The number of sulfonamides is 1. The smallest absolute Gasteiger partial charge is 0.266 e. The average Bonchev–Trinajstić information content (AvgIpc) is 2.98. The van der Waals surface area contributed by atoms with E-state index in [4.69, 9.17) is 0 Å². The van der Waals surface area contributed by atoms with Gasteiger partial charge in [0.05, 0.1) is 9.77 Å². The molecule has 2 aromatic rings. The Kier molecular flexibility index (Phi) is 4.71. The monoisotopic (exact) mass is 325 g/mol. The fourth-order valence-electron chi connectivity index (χ4n) is 1.54. The summed E-state index contributed by atoms with van der Waals surface area (Å²) in [7, 11) is -2.03. The minimum atomic E-state index is -3.53. The van der Waals surface area contributed by atoms with Crippen molar-refractivity contribution in [2.24, 2.45) is 0 Å². The van der Waals surface area contributed by atoms with Crippen molar-refractivity contribution in [3.8, 4) is 0 Å². The quantitative estimate of drug-likeness (QED) is 0.912. The van der Waals surface area contributed by atoms with Gasteiger partial charge in [0.25, 0.3) is 5.91 Å². The van der Waals surface area contributed by atoms with Crippen LogP contribution in [0.2, 0.25) is 0 Å². The van der Waals surface area contributed by atoms with Gasteiger partial charge in [-0.1, -0.05) is 13.0 Å². The molecule has 21 heavy (non-hydrogen) atoms. The summed E-state index contributed by atoms with van der Waals surface area (Å²) in [6.07, 6.45) is 1.57. The van der Waals surface area contributed by atoms with Crippen LogP contribution in [0.5, 0.6) is 0 Å². The van der Waals surface area contributed by atoms with E-state index >= 15 is 0 Å². The molecule has 0 fully saturated rings. The summed E-state index contributed by atoms with van der Waals surface area (Å²) < 4.78 is 25.5. The maximum absolute atomic E-state index is 12.1. The van der Waals surface area contributed by atoms with Crippen molar-refractivity contribution in [3.63, 3.8) is 0 Å². The number of nitrogens with zero attached hydrogens (tertiary/aromatic N) is 2. The molecule has 0 aliphatic rings. The van der Waals surface area contributed by atoms with E-state index in [1.165, 1.54) is 22.8 Å². The van der Waals surface area contributed by atoms with Crippen molar-refractivity contribution in [1.82, 2.24) is 9.29 Å². The Morgan fingerprint density at radius 1 is 1.43 bits per heavy atom. The standard InChI is InChI=1S/C13H15N3O3S2/c1-3-16(2)21(18,19)10-8-11(20-9-10)13(17)15-12-6-4-5-7-14-12/h4-9H,3H2,1-2H3,(H,14,15,17). The first-order valence-electron chi connectivity index (χ1n) is 6.22. The third-order valence-electron chi connectivity index (χ3n) is 2.86. The molecule has 0 atom stereocenters. The van der Waals surface area contributed by atoms with Gasteiger partial charge in [0.15, 0.2) is 0 Å². The summed E-state index contributed by atoms with van der Waals surface area (Å²) >= 11 is 1.09. The van der Waals surface area contributed by atoms with Crippen LogP contribution in [0.15, 0.2) is 40.7 Å². The van der Waals surface area contributed by atoms with Crippen LogP contribution in [0, 0.1) is 0 Å². The molecule has 0 spiro atoms. The molecule has 112 valence electrons. The molecule has 0 saturated heterocycles. The van der Waals surface area contributed by atoms with E-state index in [-0.39, 0.29) is 10.8 Å². The molecule has 2 heterocycles. The van der Waals surface area contributed by atoms with E-state index in [9.17, 15) is 13.2 Å². The second-order valence-electron chi connectivity index (χ2n) is 4.23. The number of pyridine rings is 1. The highest BCUT2D eigenvalue weighted by atomic mass is 32.2. The van der Waals surface area contributed by atoms with E-state index in [0.717, 1.165) is 11.3 Å². The second-order valence-corrected chi connectivity index (χ2v) is 7.19. The number of carbonyl (C=O) groups excluding carboxylic acids is 1. The largest absolute Gasteiger partial charge is 0.306 e. The second kappa shape index (κ2) is 6.33. The van der Waals surface area contributed by atoms with Gasteiger partial charge in [-0.2, -0.15) is 0 Å². The number of carbonyl (C=O) groups is 1. The first-order valence-corrected chi connectivity index (χ1v) is 8.54. The summed E-state index contributed by atoms with van der Waals surface area (Å²) in [6, 6.07) is 6.54. The average molecular weight is 325 g/mol. The molecule has 2 rings (SSSR count). The van der Waals surface area contributed by atoms with Crippen LogP contribution in [0.3, 0.4) is 0 Å². The first kappa shape index (κ1) is 15.6. The van der Waals surface area contributed by atoms with Gasteiger partial charge >= 0.3 is 0 Å². The zero-order chi connectivity index (χ0) is 15.5. The fraction of sp³-hybridized carbons (Fsp3) is 0.231. The minimum absolute atomic E-state index is 0.128. The van der Waals surface area contributed by atoms with Crippen LogP contribution >= 0.6 is 11.3 Å². The number of aromatic nitrogens is 1. The number of nitrogens with one attached hydrogen (secondary N) is 1. The predicted molar refractivity (Wildman–Crippen MR) is 82.0 cm³/mol. The molecule has 0 aromatic carbocycles. The normalized spacial score (nSPS) is 11.6. The number of amides is 1. The predicted octanol–water partition coefficient (Wildman–Crippen LogP) is 2.04. The van der Waals surface area contributed by atoms with Gasteiger partial charge in [0.2, 0.25) is 10.0 Å². The molecule has 1 amide bonds. The van der Waals surface area contributed by atoms with Crippen LogP contribution in [0.4, 0.5) is 5.82 Å². The molecule has 0 radical (unpaired) electrons. The molecule has 2 aromatic heterocycles. The molecule has 0 aliphatic heterocycles. The molecule has 0 bridgehead atoms. The summed E-state index contributed by atoms with van der Waals surface area (Å²) in [5.74, 6) is 0.0466. The molecule has 0 aliphatic carbocycles. The fourth-order valence-corrected chi connectivity index (χ4v) is 3.87. The van der Waals surface area contributed by atoms with Gasteiger partial charge in [0.1, 0.15) is 5.82 Å². The van der Waals surface area contributed by atoms with Crippen molar-refractivity contribution in [1.29, 1.82) is 0 Å². The van der Waals surface area contributed by atoms with Crippen molar-refractivity contribution in [2.45, 2.75) is 11.8 Å². The van der Waals surface area contributed by atoms with Crippen LogP contribution in [-0.2, 0) is 10.0 Å². The maximum atomic E-state index is 12.1. The Bertz CT molecular complexity index is 726. The molecular formula is C13H15N3O3S2.